The molecule has 3 heterocycles. The number of H-pyrrole nitrogens is 1. The van der Waals surface area contributed by atoms with E-state index < -0.39 is 0 Å². The van der Waals surface area contributed by atoms with Crippen LogP contribution in [-0.4, -0.2) is 15.0 Å². The number of fused-ring (bicyclic) bond motifs is 1. The van der Waals surface area contributed by atoms with Crippen molar-refractivity contribution in [2.75, 3.05) is 0 Å². The number of pyridine rings is 1. The number of nitrogens with one attached hydrogen (secondary N) is 1. The molecule has 0 aliphatic carbocycles. The van der Waals surface area contributed by atoms with E-state index in [4.69, 9.17) is 27.6 Å². The monoisotopic (exact) mass is 357 g/mol. The van der Waals surface area contributed by atoms with E-state index in [9.17, 15) is 0 Å². The molecule has 0 spiro atoms. The summed E-state index contributed by atoms with van der Waals surface area (Å²) in [5.41, 5.74) is 3.64. The summed E-state index contributed by atoms with van der Waals surface area (Å²) in [6.07, 6.45) is 5.01. The van der Waals surface area contributed by atoms with Gasteiger partial charge in [0, 0.05) is 18.2 Å². The van der Waals surface area contributed by atoms with E-state index in [0.717, 1.165) is 41.1 Å². The number of furan rings is 1. The summed E-state index contributed by atoms with van der Waals surface area (Å²) >= 11 is 12.0. The number of imidazole rings is 1. The molecule has 0 bridgehead atoms. The van der Waals surface area contributed by atoms with Gasteiger partial charge in [0.25, 0.3) is 0 Å². The van der Waals surface area contributed by atoms with Crippen molar-refractivity contribution in [1.82, 2.24) is 15.0 Å². The number of aromatic amines is 1. The zero-order chi connectivity index (χ0) is 16.5. The van der Waals surface area contributed by atoms with Gasteiger partial charge in [-0.1, -0.05) is 29.3 Å². The van der Waals surface area contributed by atoms with E-state index >= 15 is 0 Å². The summed E-state index contributed by atoms with van der Waals surface area (Å²) in [5, 5.41) is 1.14. The lowest BCUT2D eigenvalue weighted by Crippen LogP contribution is -1.93. The molecule has 0 unspecified atom stereocenters. The average Bonchev–Trinajstić information content (AvgIpc) is 3.24. The first-order valence-electron chi connectivity index (χ1n) is 7.51. The van der Waals surface area contributed by atoms with Crippen molar-refractivity contribution in [3.05, 3.63) is 70.3 Å². The minimum atomic E-state index is 0.568. The molecule has 0 fully saturated rings. The molecule has 120 valence electrons. The molecular weight excluding hydrogens is 345 g/mol. The van der Waals surface area contributed by atoms with Crippen LogP contribution in [0.5, 0.6) is 0 Å². The smallest absolute Gasteiger partial charge is 0.177 e. The third-order valence-corrected chi connectivity index (χ3v) is 4.57. The summed E-state index contributed by atoms with van der Waals surface area (Å²) in [7, 11) is 0. The number of benzene rings is 1. The maximum absolute atomic E-state index is 6.05. The second-order valence-electron chi connectivity index (χ2n) is 5.50. The summed E-state index contributed by atoms with van der Waals surface area (Å²) in [6.45, 7) is 0. The second-order valence-corrected chi connectivity index (χ2v) is 6.32. The minimum Gasteiger partial charge on any atom is -0.464 e. The van der Waals surface area contributed by atoms with Gasteiger partial charge in [0.15, 0.2) is 5.65 Å². The Morgan fingerprint density at radius 3 is 2.75 bits per heavy atom. The number of nitrogens with zero attached hydrogens (tertiary/aromatic N) is 2. The maximum atomic E-state index is 6.05. The van der Waals surface area contributed by atoms with Gasteiger partial charge >= 0.3 is 0 Å². The number of hydrogen-bond acceptors (Lipinski definition) is 3. The van der Waals surface area contributed by atoms with E-state index in [1.165, 1.54) is 0 Å². The average molecular weight is 358 g/mol. The van der Waals surface area contributed by atoms with Crippen LogP contribution in [0.1, 0.15) is 11.4 Å². The zero-order valence-electron chi connectivity index (χ0n) is 12.6. The Labute approximate surface area is 148 Å². The van der Waals surface area contributed by atoms with Crippen molar-refractivity contribution in [2.24, 2.45) is 0 Å². The first-order valence-corrected chi connectivity index (χ1v) is 8.27. The van der Waals surface area contributed by atoms with Crippen molar-refractivity contribution < 1.29 is 4.42 Å². The Balaban J connectivity index is 1.55. The normalized spacial score (nSPS) is 11.2. The molecule has 1 aromatic carbocycles. The Bertz CT molecular complexity index is 993. The summed E-state index contributed by atoms with van der Waals surface area (Å²) < 4.78 is 5.40. The van der Waals surface area contributed by atoms with Gasteiger partial charge in [0.2, 0.25) is 0 Å². The predicted molar refractivity (Wildman–Crippen MR) is 95.5 cm³/mol. The minimum absolute atomic E-state index is 0.568. The van der Waals surface area contributed by atoms with E-state index in [1.54, 1.807) is 12.5 Å². The van der Waals surface area contributed by atoms with Crippen molar-refractivity contribution >= 4 is 34.4 Å². The molecule has 4 rings (SSSR count). The van der Waals surface area contributed by atoms with Gasteiger partial charge in [-0.2, -0.15) is 0 Å². The summed E-state index contributed by atoms with van der Waals surface area (Å²) in [4.78, 5) is 12.3. The molecule has 24 heavy (non-hydrogen) atoms. The number of halogens is 2. The SMILES string of the molecule is Clc1ccc(CCc2nc3ncc(-c4ccco4)cc3[nH]2)cc1Cl. The van der Waals surface area contributed by atoms with Crippen LogP contribution in [0.4, 0.5) is 0 Å². The van der Waals surface area contributed by atoms with Gasteiger partial charge in [-0.3, -0.25) is 0 Å². The molecule has 0 aliphatic rings. The lowest BCUT2D eigenvalue weighted by molar-refractivity contribution is 0.582. The van der Waals surface area contributed by atoms with Crippen LogP contribution in [0.3, 0.4) is 0 Å². The van der Waals surface area contributed by atoms with Crippen LogP contribution in [0.2, 0.25) is 10.0 Å². The molecule has 0 saturated heterocycles. The standard InChI is InChI=1S/C18H13Cl2N3O/c19-13-5-3-11(8-14(13)20)4-6-17-22-15-9-12(10-21-18(15)23-17)16-2-1-7-24-16/h1-3,5,7-10H,4,6H2,(H,21,22,23). The number of aromatic nitrogens is 3. The molecule has 0 aliphatic heterocycles. The number of aryl methyl sites for hydroxylation is 2. The topological polar surface area (TPSA) is 54.7 Å². The van der Waals surface area contributed by atoms with Crippen LogP contribution in [0.25, 0.3) is 22.5 Å². The van der Waals surface area contributed by atoms with Gasteiger partial charge in [0.1, 0.15) is 11.6 Å². The molecule has 0 amide bonds. The van der Waals surface area contributed by atoms with Crippen LogP contribution >= 0.6 is 23.2 Å². The molecule has 6 heteroatoms. The molecule has 0 atom stereocenters. The Hall–Kier alpha value is -2.30. The highest BCUT2D eigenvalue weighted by molar-refractivity contribution is 6.42. The van der Waals surface area contributed by atoms with Crippen molar-refractivity contribution in [2.45, 2.75) is 12.8 Å². The van der Waals surface area contributed by atoms with Crippen molar-refractivity contribution in [3.63, 3.8) is 0 Å². The Kier molecular flexibility index (Phi) is 4.00. The van der Waals surface area contributed by atoms with E-state index in [1.807, 2.05) is 36.4 Å². The highest BCUT2D eigenvalue weighted by Gasteiger charge is 2.08. The summed E-state index contributed by atoms with van der Waals surface area (Å²) in [6, 6.07) is 11.4. The zero-order valence-corrected chi connectivity index (χ0v) is 14.1. The van der Waals surface area contributed by atoms with Crippen molar-refractivity contribution in [1.29, 1.82) is 0 Å². The molecule has 0 radical (unpaired) electrons. The Morgan fingerprint density at radius 2 is 1.96 bits per heavy atom. The molecule has 0 saturated carbocycles. The van der Waals surface area contributed by atoms with Crippen LogP contribution in [0.15, 0.2) is 53.3 Å². The summed E-state index contributed by atoms with van der Waals surface area (Å²) in [5.74, 6) is 1.68. The van der Waals surface area contributed by atoms with Gasteiger partial charge in [-0.25, -0.2) is 9.97 Å². The fourth-order valence-electron chi connectivity index (χ4n) is 2.60. The third-order valence-electron chi connectivity index (χ3n) is 3.83. The highest BCUT2D eigenvalue weighted by atomic mass is 35.5. The first-order chi connectivity index (χ1) is 11.7. The second kappa shape index (κ2) is 6.30. The van der Waals surface area contributed by atoms with E-state index in [0.29, 0.717) is 15.7 Å². The lowest BCUT2D eigenvalue weighted by atomic mass is 10.1. The Morgan fingerprint density at radius 1 is 1.04 bits per heavy atom. The first kappa shape index (κ1) is 15.2. The van der Waals surface area contributed by atoms with Gasteiger partial charge in [-0.15, -0.1) is 0 Å². The molecule has 3 aromatic heterocycles. The largest absolute Gasteiger partial charge is 0.464 e. The predicted octanol–water partition coefficient (Wildman–Crippen LogP) is 5.31. The number of hydrogen-bond donors (Lipinski definition) is 1. The van der Waals surface area contributed by atoms with E-state index in [-0.39, 0.29) is 0 Å². The van der Waals surface area contributed by atoms with Crippen LogP contribution < -0.4 is 0 Å². The maximum Gasteiger partial charge on any atom is 0.177 e. The van der Waals surface area contributed by atoms with Crippen LogP contribution in [0, 0.1) is 0 Å². The van der Waals surface area contributed by atoms with E-state index in [2.05, 4.69) is 15.0 Å². The third kappa shape index (κ3) is 3.03. The fourth-order valence-corrected chi connectivity index (χ4v) is 2.92. The molecule has 4 aromatic rings. The van der Waals surface area contributed by atoms with Gasteiger partial charge < -0.3 is 9.40 Å². The van der Waals surface area contributed by atoms with Gasteiger partial charge in [0.05, 0.1) is 21.8 Å². The highest BCUT2D eigenvalue weighted by Crippen LogP contribution is 2.24. The van der Waals surface area contributed by atoms with Gasteiger partial charge in [-0.05, 0) is 42.3 Å². The van der Waals surface area contributed by atoms with Crippen molar-refractivity contribution in [3.8, 4) is 11.3 Å². The molecule has 4 nitrogen and oxygen atoms in total. The molecule has 1 N–H and O–H groups in total. The number of rotatable bonds is 4. The lowest BCUT2D eigenvalue weighted by Gasteiger charge is -2.01. The fraction of sp³-hybridized carbons (Fsp3) is 0.111. The molecular formula is C18H13Cl2N3O. The quantitative estimate of drug-likeness (QED) is 0.538. The van der Waals surface area contributed by atoms with Crippen LogP contribution in [-0.2, 0) is 12.8 Å².